The van der Waals surface area contributed by atoms with Gasteiger partial charge in [0.2, 0.25) is 0 Å². The van der Waals surface area contributed by atoms with Crippen molar-refractivity contribution in [2.75, 3.05) is 4.72 Å². The number of benzene rings is 1. The van der Waals surface area contributed by atoms with Crippen LogP contribution in [0.25, 0.3) is 11.0 Å². The number of thiophene rings is 1. The van der Waals surface area contributed by atoms with E-state index in [0.717, 1.165) is 22.2 Å². The molecular weight excluding hydrogens is 314 g/mol. The Morgan fingerprint density at radius 3 is 2.70 bits per heavy atom. The Kier molecular flexibility index (Phi) is 3.23. The van der Waals surface area contributed by atoms with Crippen molar-refractivity contribution >= 4 is 49.1 Å². The van der Waals surface area contributed by atoms with E-state index in [9.17, 15) is 8.42 Å². The third kappa shape index (κ3) is 2.30. The number of rotatable bonds is 3. The average molecular weight is 325 g/mol. The van der Waals surface area contributed by atoms with E-state index < -0.39 is 10.0 Å². The number of anilines is 1. The van der Waals surface area contributed by atoms with Crippen LogP contribution in [0.5, 0.6) is 0 Å². The smallest absolute Gasteiger partial charge is 0.264 e. The number of aromatic nitrogens is 2. The summed E-state index contributed by atoms with van der Waals surface area (Å²) < 4.78 is 35.7. The van der Waals surface area contributed by atoms with Gasteiger partial charge in [-0.2, -0.15) is 8.75 Å². The number of hydrogen-bond acceptors (Lipinski definition) is 6. The zero-order chi connectivity index (χ0) is 14.3. The second-order valence-corrected chi connectivity index (χ2v) is 7.78. The molecule has 104 valence electrons. The molecule has 20 heavy (non-hydrogen) atoms. The molecule has 0 aliphatic rings. The van der Waals surface area contributed by atoms with Crippen molar-refractivity contribution in [2.24, 2.45) is 0 Å². The van der Waals surface area contributed by atoms with Crippen LogP contribution >= 0.6 is 23.1 Å². The summed E-state index contributed by atoms with van der Waals surface area (Å²) >= 11 is 2.43. The van der Waals surface area contributed by atoms with Gasteiger partial charge in [0.05, 0.1) is 11.7 Å². The standard InChI is InChI=1S/C12H11N3O2S3/c1-7-6-11(18-8(7)2)15-20(16,17)10-5-3-4-9-12(10)14-19-13-9/h3-6,15H,1-2H3. The van der Waals surface area contributed by atoms with Gasteiger partial charge in [0, 0.05) is 4.88 Å². The lowest BCUT2D eigenvalue weighted by Crippen LogP contribution is -2.12. The van der Waals surface area contributed by atoms with Crippen LogP contribution in [0.1, 0.15) is 10.4 Å². The fourth-order valence-electron chi connectivity index (χ4n) is 1.81. The fourth-order valence-corrected chi connectivity index (χ4v) is 4.79. The Hall–Kier alpha value is -1.51. The first-order valence-corrected chi connectivity index (χ1v) is 8.81. The molecule has 3 rings (SSSR count). The normalized spacial score (nSPS) is 11.9. The van der Waals surface area contributed by atoms with Gasteiger partial charge in [-0.3, -0.25) is 4.72 Å². The van der Waals surface area contributed by atoms with Crippen LogP contribution in [0.4, 0.5) is 5.00 Å². The van der Waals surface area contributed by atoms with Crippen LogP contribution in [0, 0.1) is 13.8 Å². The second-order valence-electron chi connectivity index (χ2n) is 4.34. The predicted molar refractivity (Wildman–Crippen MR) is 82.0 cm³/mol. The van der Waals surface area contributed by atoms with E-state index in [0.29, 0.717) is 16.0 Å². The Balaban J connectivity index is 2.05. The number of fused-ring (bicyclic) bond motifs is 1. The van der Waals surface area contributed by atoms with Gasteiger partial charge in [0.15, 0.2) is 0 Å². The average Bonchev–Trinajstić information content (AvgIpc) is 2.95. The van der Waals surface area contributed by atoms with Gasteiger partial charge < -0.3 is 0 Å². The lowest BCUT2D eigenvalue weighted by molar-refractivity contribution is 0.602. The van der Waals surface area contributed by atoms with E-state index >= 15 is 0 Å². The molecule has 0 fully saturated rings. The monoisotopic (exact) mass is 325 g/mol. The minimum absolute atomic E-state index is 0.160. The van der Waals surface area contributed by atoms with Crippen LogP contribution in [0.15, 0.2) is 29.2 Å². The summed E-state index contributed by atoms with van der Waals surface area (Å²) in [6.45, 7) is 3.91. The molecule has 0 saturated heterocycles. The quantitative estimate of drug-likeness (QED) is 0.803. The minimum atomic E-state index is -3.65. The summed E-state index contributed by atoms with van der Waals surface area (Å²) in [7, 11) is -3.65. The van der Waals surface area contributed by atoms with Crippen molar-refractivity contribution in [1.82, 2.24) is 8.75 Å². The first-order chi connectivity index (χ1) is 9.47. The summed E-state index contributed by atoms with van der Waals surface area (Å²) in [5.41, 5.74) is 2.08. The van der Waals surface area contributed by atoms with E-state index in [4.69, 9.17) is 0 Å². The molecule has 1 aromatic carbocycles. The fraction of sp³-hybridized carbons (Fsp3) is 0.167. The van der Waals surface area contributed by atoms with Crippen molar-refractivity contribution in [3.05, 3.63) is 34.7 Å². The van der Waals surface area contributed by atoms with Crippen LogP contribution in [0.2, 0.25) is 0 Å². The summed E-state index contributed by atoms with van der Waals surface area (Å²) in [6.07, 6.45) is 0. The molecule has 8 heteroatoms. The Labute approximate surface area is 124 Å². The summed E-state index contributed by atoms with van der Waals surface area (Å²) in [4.78, 5) is 1.25. The maximum Gasteiger partial charge on any atom is 0.264 e. The molecule has 2 heterocycles. The van der Waals surface area contributed by atoms with Crippen LogP contribution in [-0.4, -0.2) is 17.2 Å². The molecule has 0 unspecified atom stereocenters. The van der Waals surface area contributed by atoms with Crippen LogP contribution in [0.3, 0.4) is 0 Å². The van der Waals surface area contributed by atoms with Gasteiger partial charge in [0.1, 0.15) is 20.9 Å². The molecule has 0 atom stereocenters. The minimum Gasteiger partial charge on any atom is -0.270 e. The number of hydrogen-bond donors (Lipinski definition) is 1. The highest BCUT2D eigenvalue weighted by atomic mass is 32.2. The van der Waals surface area contributed by atoms with E-state index in [2.05, 4.69) is 13.5 Å². The summed E-state index contributed by atoms with van der Waals surface area (Å²) in [5.74, 6) is 0. The number of nitrogens with zero attached hydrogens (tertiary/aromatic N) is 2. The Morgan fingerprint density at radius 1 is 1.20 bits per heavy atom. The van der Waals surface area contributed by atoms with E-state index in [-0.39, 0.29) is 4.90 Å². The first kappa shape index (κ1) is 13.5. The lowest BCUT2D eigenvalue weighted by Gasteiger charge is -2.05. The van der Waals surface area contributed by atoms with Crippen molar-refractivity contribution in [2.45, 2.75) is 18.7 Å². The molecule has 0 saturated carbocycles. The molecule has 0 aliphatic carbocycles. The Bertz CT molecular complexity index is 861. The van der Waals surface area contributed by atoms with Gasteiger partial charge in [-0.1, -0.05) is 6.07 Å². The van der Waals surface area contributed by atoms with E-state index in [1.807, 2.05) is 19.9 Å². The third-order valence-corrected chi connectivity index (χ3v) is 6.08. The van der Waals surface area contributed by atoms with Crippen LogP contribution < -0.4 is 4.72 Å². The van der Waals surface area contributed by atoms with Gasteiger partial charge in [-0.05, 0) is 37.6 Å². The number of sulfonamides is 1. The summed E-state index contributed by atoms with van der Waals surface area (Å²) in [6, 6.07) is 6.79. The molecule has 0 radical (unpaired) electrons. The molecule has 0 aliphatic heterocycles. The highest BCUT2D eigenvalue weighted by molar-refractivity contribution is 7.93. The van der Waals surface area contributed by atoms with Gasteiger partial charge >= 0.3 is 0 Å². The highest BCUT2D eigenvalue weighted by Gasteiger charge is 2.20. The molecule has 0 spiro atoms. The van der Waals surface area contributed by atoms with E-state index in [1.165, 1.54) is 11.3 Å². The van der Waals surface area contributed by atoms with Crippen molar-refractivity contribution in [1.29, 1.82) is 0 Å². The molecule has 1 N–H and O–H groups in total. The first-order valence-electron chi connectivity index (χ1n) is 5.78. The predicted octanol–water partition coefficient (Wildman–Crippen LogP) is 3.17. The van der Waals surface area contributed by atoms with Gasteiger partial charge in [0.25, 0.3) is 10.0 Å². The largest absolute Gasteiger partial charge is 0.270 e. The second kappa shape index (κ2) is 4.80. The molecule has 2 aromatic heterocycles. The highest BCUT2D eigenvalue weighted by Crippen LogP contribution is 2.29. The number of nitrogens with one attached hydrogen (secondary N) is 1. The molecule has 0 bridgehead atoms. The van der Waals surface area contributed by atoms with Crippen molar-refractivity contribution in [3.63, 3.8) is 0 Å². The molecular formula is C12H11N3O2S3. The van der Waals surface area contributed by atoms with Crippen LogP contribution in [-0.2, 0) is 10.0 Å². The number of aryl methyl sites for hydroxylation is 2. The third-order valence-electron chi connectivity index (χ3n) is 2.94. The van der Waals surface area contributed by atoms with Crippen molar-refractivity contribution in [3.8, 4) is 0 Å². The topological polar surface area (TPSA) is 72.0 Å². The molecule has 0 amide bonds. The van der Waals surface area contributed by atoms with Gasteiger partial charge in [-0.25, -0.2) is 8.42 Å². The van der Waals surface area contributed by atoms with Crippen molar-refractivity contribution < 1.29 is 8.42 Å². The molecule has 3 aromatic rings. The maximum absolute atomic E-state index is 12.5. The SMILES string of the molecule is Cc1cc(NS(=O)(=O)c2cccc3nsnc23)sc1C. The maximum atomic E-state index is 12.5. The zero-order valence-corrected chi connectivity index (χ0v) is 13.2. The molecule has 5 nitrogen and oxygen atoms in total. The van der Waals surface area contributed by atoms with Gasteiger partial charge in [-0.15, -0.1) is 11.3 Å². The Morgan fingerprint density at radius 2 is 2.00 bits per heavy atom. The lowest BCUT2D eigenvalue weighted by atomic mass is 10.3. The summed E-state index contributed by atoms with van der Waals surface area (Å²) in [5, 5.41) is 0.611. The zero-order valence-electron chi connectivity index (χ0n) is 10.7. The van der Waals surface area contributed by atoms with E-state index in [1.54, 1.807) is 18.2 Å².